The smallest absolute Gasteiger partial charge is 0.321 e. The molecule has 13 heteroatoms. The molecule has 0 bridgehead atoms. The Balaban J connectivity index is -0.000000350. The minimum Gasteiger partial charge on any atom is -0.480 e. The molecule has 1 aromatic rings. The van der Waals surface area contributed by atoms with Gasteiger partial charge in [-0.15, -0.1) is 0 Å². The van der Waals surface area contributed by atoms with Gasteiger partial charge in [-0.1, -0.05) is 30.3 Å². The maximum atomic E-state index is 10.4. The minimum atomic E-state index is -1.00. The van der Waals surface area contributed by atoms with E-state index in [4.69, 9.17) is 37.6 Å². The van der Waals surface area contributed by atoms with E-state index in [1.54, 1.807) is 0 Å². The van der Waals surface area contributed by atoms with Gasteiger partial charge in [0.15, 0.2) is 0 Å². The van der Waals surface area contributed by atoms with Crippen LogP contribution in [0.5, 0.6) is 0 Å². The third kappa shape index (κ3) is 23.3. The van der Waals surface area contributed by atoms with Gasteiger partial charge in [0.2, 0.25) is 0 Å². The number of rotatable bonds is 7. The largest absolute Gasteiger partial charge is 0.480 e. The van der Waals surface area contributed by atoms with Gasteiger partial charge in [0, 0.05) is 5.75 Å². The monoisotopic (exact) mass is 450 g/mol. The summed E-state index contributed by atoms with van der Waals surface area (Å²) in [5, 5.41) is 32.0. The minimum absolute atomic E-state index is 0.190. The van der Waals surface area contributed by atoms with Crippen LogP contribution in [0, 0.1) is 0 Å². The molecule has 0 saturated heterocycles. The SMILES string of the molecule is CC(N)C(=O)O.NC(CS)C(=O)O.NC(Cc1ccccc1)C(=O)O.NCC(=O)O. The van der Waals surface area contributed by atoms with Crippen molar-refractivity contribution in [2.24, 2.45) is 22.9 Å². The summed E-state index contributed by atoms with van der Waals surface area (Å²) >= 11 is 3.65. The van der Waals surface area contributed by atoms with Gasteiger partial charge in [0.1, 0.15) is 18.1 Å². The van der Waals surface area contributed by atoms with Crippen LogP contribution in [0.3, 0.4) is 0 Å². The van der Waals surface area contributed by atoms with E-state index in [1.807, 2.05) is 30.3 Å². The van der Waals surface area contributed by atoms with Crippen molar-refractivity contribution in [2.45, 2.75) is 31.5 Å². The highest BCUT2D eigenvalue weighted by atomic mass is 32.1. The number of aliphatic carboxylic acids is 4. The highest BCUT2D eigenvalue weighted by Gasteiger charge is 2.11. The van der Waals surface area contributed by atoms with Crippen LogP contribution in [-0.2, 0) is 25.6 Å². The number of hydrogen-bond acceptors (Lipinski definition) is 9. The van der Waals surface area contributed by atoms with Crippen molar-refractivity contribution in [2.75, 3.05) is 12.3 Å². The van der Waals surface area contributed by atoms with Crippen LogP contribution in [0.4, 0.5) is 0 Å². The van der Waals surface area contributed by atoms with E-state index in [9.17, 15) is 19.2 Å². The average Bonchev–Trinajstić information content (AvgIpc) is 2.69. The average molecular weight is 451 g/mol. The summed E-state index contributed by atoms with van der Waals surface area (Å²) in [5.41, 5.74) is 20.6. The van der Waals surface area contributed by atoms with Gasteiger partial charge in [-0.05, 0) is 18.9 Å². The van der Waals surface area contributed by atoms with Crippen LogP contribution >= 0.6 is 12.6 Å². The Kier molecular flexibility index (Phi) is 20.9. The third-order valence-corrected chi connectivity index (χ3v) is 3.09. The highest BCUT2D eigenvalue weighted by Crippen LogP contribution is 2.01. The van der Waals surface area contributed by atoms with E-state index < -0.39 is 42.0 Å². The molecule has 12 N–H and O–H groups in total. The standard InChI is InChI=1S/C9H11NO2.C3H7NO2S.C3H7NO2.C2H5NO2/c10-8(9(11)12)6-7-4-2-1-3-5-7;4-2(1-7)3(5)6;1-2(4)3(5)6;3-1-2(4)5/h1-5,8H,6,10H2,(H,11,12);2,7H,1,4H2,(H,5,6);2H,4H2,1H3,(H,5,6);1,3H2,(H,4,5). The van der Waals surface area contributed by atoms with Crippen molar-refractivity contribution < 1.29 is 39.6 Å². The lowest BCUT2D eigenvalue weighted by Gasteiger charge is -2.04. The number of benzene rings is 1. The zero-order chi connectivity index (χ0) is 24.3. The van der Waals surface area contributed by atoms with Gasteiger partial charge >= 0.3 is 23.9 Å². The lowest BCUT2D eigenvalue weighted by molar-refractivity contribution is -0.139. The predicted octanol–water partition coefficient (Wildman–Crippen LogP) is -1.58. The molecule has 172 valence electrons. The quantitative estimate of drug-likeness (QED) is 0.213. The first-order valence-corrected chi connectivity index (χ1v) is 8.95. The highest BCUT2D eigenvalue weighted by molar-refractivity contribution is 7.80. The van der Waals surface area contributed by atoms with Crippen LogP contribution in [0.2, 0.25) is 0 Å². The second kappa shape index (κ2) is 19.6. The maximum absolute atomic E-state index is 10.4. The van der Waals surface area contributed by atoms with Crippen molar-refractivity contribution in [1.82, 2.24) is 0 Å². The van der Waals surface area contributed by atoms with Crippen molar-refractivity contribution in [3.63, 3.8) is 0 Å². The molecule has 3 atom stereocenters. The number of nitrogens with two attached hydrogens (primary N) is 4. The van der Waals surface area contributed by atoms with Crippen molar-refractivity contribution in [3.8, 4) is 0 Å². The molecule has 12 nitrogen and oxygen atoms in total. The Morgan fingerprint density at radius 1 is 0.867 bits per heavy atom. The molecule has 0 radical (unpaired) electrons. The van der Waals surface area contributed by atoms with E-state index in [-0.39, 0.29) is 12.3 Å². The van der Waals surface area contributed by atoms with Gasteiger partial charge in [0.25, 0.3) is 0 Å². The van der Waals surface area contributed by atoms with E-state index in [1.165, 1.54) is 6.92 Å². The van der Waals surface area contributed by atoms with Crippen molar-refractivity contribution in [1.29, 1.82) is 0 Å². The molecule has 1 rings (SSSR count). The van der Waals surface area contributed by atoms with Crippen LogP contribution < -0.4 is 22.9 Å². The lowest BCUT2D eigenvalue weighted by atomic mass is 10.1. The van der Waals surface area contributed by atoms with Gasteiger partial charge in [-0.25, -0.2) is 0 Å². The molecule has 0 aromatic heterocycles. The molecule has 0 spiro atoms. The van der Waals surface area contributed by atoms with Crippen molar-refractivity contribution in [3.05, 3.63) is 35.9 Å². The first kappa shape index (κ1) is 32.0. The second-order valence-electron chi connectivity index (χ2n) is 5.49. The summed E-state index contributed by atoms with van der Waals surface area (Å²) < 4.78 is 0. The zero-order valence-corrected chi connectivity index (χ0v) is 17.3. The maximum Gasteiger partial charge on any atom is 0.321 e. The van der Waals surface area contributed by atoms with E-state index in [0.29, 0.717) is 6.42 Å². The number of hydrogen-bond donors (Lipinski definition) is 9. The van der Waals surface area contributed by atoms with Crippen LogP contribution in [0.25, 0.3) is 0 Å². The fourth-order valence-corrected chi connectivity index (χ4v) is 1.19. The molecule has 0 heterocycles. The summed E-state index contributed by atoms with van der Waals surface area (Å²) in [4.78, 5) is 39.0. The van der Waals surface area contributed by atoms with Gasteiger partial charge in [0.05, 0.1) is 6.54 Å². The Labute approximate surface area is 179 Å². The molecule has 30 heavy (non-hydrogen) atoms. The number of carboxylic acids is 4. The Hall–Kier alpha value is -2.71. The molecule has 0 amide bonds. The predicted molar refractivity (Wildman–Crippen MR) is 113 cm³/mol. The molecule has 1 aromatic carbocycles. The van der Waals surface area contributed by atoms with E-state index >= 15 is 0 Å². The number of carbonyl (C=O) groups is 4. The number of thiol groups is 1. The molecule has 0 fully saturated rings. The third-order valence-electron chi connectivity index (χ3n) is 2.69. The van der Waals surface area contributed by atoms with Gasteiger partial charge in [-0.2, -0.15) is 12.6 Å². The van der Waals surface area contributed by atoms with Gasteiger partial charge < -0.3 is 43.4 Å². The lowest BCUT2D eigenvalue weighted by Crippen LogP contribution is -2.32. The summed E-state index contributed by atoms with van der Waals surface area (Å²) in [6.07, 6.45) is 0.385. The summed E-state index contributed by atoms with van der Waals surface area (Å²) in [5.74, 6) is -3.70. The second-order valence-corrected chi connectivity index (χ2v) is 5.85. The number of carboxylic acid groups (broad SMARTS) is 4. The van der Waals surface area contributed by atoms with Crippen molar-refractivity contribution >= 4 is 36.5 Å². The summed E-state index contributed by atoms with van der Waals surface area (Å²) in [6.45, 7) is 1.14. The molecule has 0 aliphatic carbocycles. The molecule has 0 aliphatic heterocycles. The molecule has 3 unspecified atom stereocenters. The normalized spacial score (nSPS) is 12.1. The van der Waals surface area contributed by atoms with Gasteiger partial charge in [-0.3, -0.25) is 19.2 Å². The molecule has 0 aliphatic rings. The summed E-state index contributed by atoms with van der Waals surface area (Å²) in [7, 11) is 0. The molecule has 0 saturated carbocycles. The van der Waals surface area contributed by atoms with E-state index in [0.717, 1.165) is 5.56 Å². The first-order valence-electron chi connectivity index (χ1n) is 8.31. The van der Waals surface area contributed by atoms with Crippen LogP contribution in [0.1, 0.15) is 12.5 Å². The fourth-order valence-electron chi connectivity index (χ4n) is 1.03. The van der Waals surface area contributed by atoms with E-state index in [2.05, 4.69) is 18.4 Å². The zero-order valence-electron chi connectivity index (χ0n) is 16.4. The topological polar surface area (TPSA) is 253 Å². The van der Waals surface area contributed by atoms with Crippen LogP contribution in [-0.4, -0.2) is 74.7 Å². The Morgan fingerprint density at radius 3 is 1.43 bits per heavy atom. The first-order chi connectivity index (χ1) is 13.8. The van der Waals surface area contributed by atoms with Crippen LogP contribution in [0.15, 0.2) is 30.3 Å². The Morgan fingerprint density at radius 2 is 1.23 bits per heavy atom. The fraction of sp³-hybridized carbons (Fsp3) is 0.412. The summed E-state index contributed by atoms with van der Waals surface area (Å²) in [6, 6.07) is 7.00. The molecular formula is C17H30N4O8S. The Bertz CT molecular complexity index is 631. The molecular weight excluding hydrogens is 420 g/mol.